The highest BCUT2D eigenvalue weighted by Gasteiger charge is 2.19. The third-order valence-corrected chi connectivity index (χ3v) is 1.20. The number of aliphatic hydroxyl groups is 1. The van der Waals surface area contributed by atoms with Crippen LogP contribution in [-0.4, -0.2) is 42.4 Å². The molecule has 1 rings (SSSR count). The summed E-state index contributed by atoms with van der Waals surface area (Å²) in [7, 11) is 0. The fourth-order valence-electron chi connectivity index (χ4n) is 0.716. The molecule has 0 aromatic heterocycles. The molecule has 4 heteroatoms. The first-order valence-electron chi connectivity index (χ1n) is 2.81. The molecule has 52 valence electrons. The van der Waals surface area contributed by atoms with E-state index in [0.29, 0.717) is 13.3 Å². The van der Waals surface area contributed by atoms with Crippen LogP contribution in [0.4, 0.5) is 0 Å². The van der Waals surface area contributed by atoms with Gasteiger partial charge in [-0.1, -0.05) is 0 Å². The topological polar surface area (TPSA) is 49.8 Å². The summed E-state index contributed by atoms with van der Waals surface area (Å²) in [6, 6.07) is 0. The van der Waals surface area contributed by atoms with Crippen molar-refractivity contribution in [1.82, 2.24) is 4.90 Å². The molecule has 0 saturated carbocycles. The van der Waals surface area contributed by atoms with Crippen molar-refractivity contribution in [1.29, 1.82) is 0 Å². The molecule has 1 amide bonds. The largest absolute Gasteiger partial charge is 0.395 e. The Kier molecular flexibility index (Phi) is 2.02. The highest BCUT2D eigenvalue weighted by molar-refractivity contribution is 5.78. The maximum absolute atomic E-state index is 10.7. The highest BCUT2D eigenvalue weighted by Crippen LogP contribution is 1.98. The summed E-state index contributed by atoms with van der Waals surface area (Å²) in [6.45, 7) is 0.896. The lowest BCUT2D eigenvalue weighted by molar-refractivity contribution is -0.127. The van der Waals surface area contributed by atoms with Crippen LogP contribution < -0.4 is 0 Å². The van der Waals surface area contributed by atoms with Crippen molar-refractivity contribution in [2.75, 3.05) is 26.5 Å². The molecule has 0 bridgehead atoms. The van der Waals surface area contributed by atoms with Crippen LogP contribution in [0.2, 0.25) is 0 Å². The average Bonchev–Trinajstić information content (AvgIpc) is 2.18. The van der Waals surface area contributed by atoms with Crippen molar-refractivity contribution < 1.29 is 14.6 Å². The molecule has 0 aromatic carbocycles. The summed E-state index contributed by atoms with van der Waals surface area (Å²) in [5, 5.41) is 8.40. The molecule has 1 heterocycles. The van der Waals surface area contributed by atoms with Crippen LogP contribution in [0.25, 0.3) is 0 Å². The van der Waals surface area contributed by atoms with Crippen molar-refractivity contribution in [3.8, 4) is 0 Å². The Bertz CT molecular complexity index is 115. The van der Waals surface area contributed by atoms with Gasteiger partial charge in [0.1, 0.15) is 13.3 Å². The number of ether oxygens (including phenoxy) is 1. The molecule has 1 aliphatic heterocycles. The van der Waals surface area contributed by atoms with E-state index in [-0.39, 0.29) is 19.1 Å². The Morgan fingerprint density at radius 2 is 2.56 bits per heavy atom. The minimum atomic E-state index is -0.0379. The van der Waals surface area contributed by atoms with Crippen LogP contribution in [-0.2, 0) is 9.53 Å². The minimum Gasteiger partial charge on any atom is -0.395 e. The van der Waals surface area contributed by atoms with Gasteiger partial charge in [-0.25, -0.2) is 0 Å². The normalized spacial score (nSPS) is 19.2. The number of nitrogens with zero attached hydrogens (tertiary/aromatic N) is 1. The molecule has 1 fully saturated rings. The van der Waals surface area contributed by atoms with Crippen molar-refractivity contribution in [3.05, 3.63) is 0 Å². The Morgan fingerprint density at radius 3 is 3.00 bits per heavy atom. The van der Waals surface area contributed by atoms with Gasteiger partial charge in [0.2, 0.25) is 0 Å². The van der Waals surface area contributed by atoms with Crippen molar-refractivity contribution >= 4 is 5.91 Å². The number of aliphatic hydroxyl groups excluding tert-OH is 1. The first-order valence-corrected chi connectivity index (χ1v) is 2.81. The second kappa shape index (κ2) is 2.80. The SMILES string of the molecule is O=C1COCN1CCO. The molecule has 0 unspecified atom stereocenters. The second-order valence-corrected chi connectivity index (χ2v) is 1.86. The monoisotopic (exact) mass is 131 g/mol. The predicted octanol–water partition coefficient (Wildman–Crippen LogP) is -1.21. The first kappa shape index (κ1) is 6.51. The molecule has 9 heavy (non-hydrogen) atoms. The third kappa shape index (κ3) is 1.40. The molecule has 0 aliphatic carbocycles. The van der Waals surface area contributed by atoms with E-state index in [1.54, 1.807) is 0 Å². The predicted molar refractivity (Wildman–Crippen MR) is 29.6 cm³/mol. The van der Waals surface area contributed by atoms with Gasteiger partial charge >= 0.3 is 0 Å². The summed E-state index contributed by atoms with van der Waals surface area (Å²) >= 11 is 0. The Labute approximate surface area is 53.0 Å². The summed E-state index contributed by atoms with van der Waals surface area (Å²) in [5.74, 6) is -0.0379. The lowest BCUT2D eigenvalue weighted by atomic mass is 10.5. The first-order chi connectivity index (χ1) is 4.34. The molecule has 0 aromatic rings. The van der Waals surface area contributed by atoms with Gasteiger partial charge in [0.05, 0.1) is 6.61 Å². The Balaban J connectivity index is 2.31. The molecule has 0 atom stereocenters. The van der Waals surface area contributed by atoms with E-state index < -0.39 is 0 Å². The molecule has 4 nitrogen and oxygen atoms in total. The van der Waals surface area contributed by atoms with E-state index in [0.717, 1.165) is 0 Å². The molecule has 1 aliphatic rings. The summed E-state index contributed by atoms with van der Waals surface area (Å²) in [4.78, 5) is 12.1. The average molecular weight is 131 g/mol. The van der Waals surface area contributed by atoms with Crippen LogP contribution in [0.3, 0.4) is 0 Å². The molecule has 0 spiro atoms. The number of hydrogen-bond acceptors (Lipinski definition) is 3. The number of carbonyl (C=O) groups excluding carboxylic acids is 1. The van der Waals surface area contributed by atoms with Crippen molar-refractivity contribution in [2.45, 2.75) is 0 Å². The highest BCUT2D eigenvalue weighted by atomic mass is 16.5. The zero-order valence-corrected chi connectivity index (χ0v) is 5.04. The summed E-state index contributed by atoms with van der Waals surface area (Å²) < 4.78 is 4.79. The van der Waals surface area contributed by atoms with Gasteiger partial charge in [0.25, 0.3) is 5.91 Å². The molecule has 1 saturated heterocycles. The maximum atomic E-state index is 10.7. The van der Waals surface area contributed by atoms with Gasteiger partial charge in [-0.15, -0.1) is 0 Å². The van der Waals surface area contributed by atoms with Crippen LogP contribution >= 0.6 is 0 Å². The van der Waals surface area contributed by atoms with Crippen molar-refractivity contribution in [3.63, 3.8) is 0 Å². The standard InChI is InChI=1S/C5H9NO3/c7-2-1-6-4-9-3-5(6)8/h7H,1-4H2. The molecular formula is C5H9NO3. The fraction of sp³-hybridized carbons (Fsp3) is 0.800. The van der Waals surface area contributed by atoms with E-state index in [2.05, 4.69) is 0 Å². The summed E-state index contributed by atoms with van der Waals surface area (Å²) in [5.41, 5.74) is 0. The number of hydrogen-bond donors (Lipinski definition) is 1. The van der Waals surface area contributed by atoms with Gasteiger partial charge in [0, 0.05) is 6.54 Å². The zero-order chi connectivity index (χ0) is 6.69. The van der Waals surface area contributed by atoms with E-state index in [4.69, 9.17) is 9.84 Å². The van der Waals surface area contributed by atoms with Gasteiger partial charge in [-0.2, -0.15) is 0 Å². The van der Waals surface area contributed by atoms with E-state index in [9.17, 15) is 4.79 Å². The van der Waals surface area contributed by atoms with Gasteiger partial charge in [0.15, 0.2) is 0 Å². The minimum absolute atomic E-state index is 0.00903. The van der Waals surface area contributed by atoms with Gasteiger partial charge in [-0.3, -0.25) is 4.79 Å². The van der Waals surface area contributed by atoms with E-state index in [1.165, 1.54) is 4.90 Å². The second-order valence-electron chi connectivity index (χ2n) is 1.86. The quantitative estimate of drug-likeness (QED) is 0.512. The van der Waals surface area contributed by atoms with E-state index in [1.807, 2.05) is 0 Å². The Morgan fingerprint density at radius 1 is 1.78 bits per heavy atom. The fourth-order valence-corrected chi connectivity index (χ4v) is 0.716. The molecule has 0 radical (unpaired) electrons. The van der Waals surface area contributed by atoms with Crippen LogP contribution in [0.5, 0.6) is 0 Å². The molecular weight excluding hydrogens is 122 g/mol. The molecule has 1 N–H and O–H groups in total. The lowest BCUT2D eigenvalue weighted by Crippen LogP contribution is -2.28. The Hall–Kier alpha value is -0.610. The number of carbonyl (C=O) groups is 1. The van der Waals surface area contributed by atoms with Crippen LogP contribution in [0.1, 0.15) is 0 Å². The smallest absolute Gasteiger partial charge is 0.250 e. The van der Waals surface area contributed by atoms with Crippen LogP contribution in [0.15, 0.2) is 0 Å². The number of amides is 1. The van der Waals surface area contributed by atoms with Crippen molar-refractivity contribution in [2.24, 2.45) is 0 Å². The lowest BCUT2D eigenvalue weighted by Gasteiger charge is -2.09. The number of β-amino-alcohol motifs (C(OH)–C–C–N with tert-alkyl or cyclic N) is 1. The van der Waals surface area contributed by atoms with E-state index >= 15 is 0 Å². The maximum Gasteiger partial charge on any atom is 0.250 e. The van der Waals surface area contributed by atoms with Crippen LogP contribution in [0, 0.1) is 0 Å². The zero-order valence-electron chi connectivity index (χ0n) is 5.04. The van der Waals surface area contributed by atoms with Gasteiger partial charge in [-0.05, 0) is 0 Å². The summed E-state index contributed by atoms with van der Waals surface area (Å²) in [6.07, 6.45) is 0. The number of rotatable bonds is 2. The van der Waals surface area contributed by atoms with Gasteiger partial charge < -0.3 is 14.7 Å². The third-order valence-electron chi connectivity index (χ3n) is 1.20.